The molecular weight excluding hydrogens is 394 g/mol. The number of fused-ring (bicyclic) bond motifs is 1. The molecule has 0 atom stereocenters. The Morgan fingerprint density at radius 3 is 2.58 bits per heavy atom. The number of nitrogens with zero attached hydrogens (tertiary/aromatic N) is 4. The molecule has 8 heteroatoms. The van der Waals surface area contributed by atoms with Gasteiger partial charge in [-0.25, -0.2) is 0 Å². The Morgan fingerprint density at radius 1 is 1.00 bits per heavy atom. The van der Waals surface area contributed by atoms with Gasteiger partial charge in [0.15, 0.2) is 11.5 Å². The van der Waals surface area contributed by atoms with Gasteiger partial charge >= 0.3 is 0 Å². The molecule has 4 rings (SSSR count). The molecule has 0 saturated heterocycles. The van der Waals surface area contributed by atoms with Crippen LogP contribution in [0.1, 0.15) is 12.0 Å². The van der Waals surface area contributed by atoms with Crippen molar-refractivity contribution >= 4 is 11.6 Å². The number of hydrogen-bond donors (Lipinski definition) is 1. The van der Waals surface area contributed by atoms with Crippen molar-refractivity contribution < 1.29 is 14.3 Å². The van der Waals surface area contributed by atoms with E-state index < -0.39 is 0 Å². The maximum Gasteiger partial charge on any atom is 0.231 e. The lowest BCUT2D eigenvalue weighted by molar-refractivity contribution is -0.121. The Kier molecular flexibility index (Phi) is 6.37. The summed E-state index contributed by atoms with van der Waals surface area (Å²) in [6.07, 6.45) is 1.16. The van der Waals surface area contributed by atoms with E-state index in [0.29, 0.717) is 43.3 Å². The first-order valence-corrected chi connectivity index (χ1v) is 10.0. The highest BCUT2D eigenvalue weighted by Gasteiger charge is 2.11. The molecule has 2 aromatic carbocycles. The molecule has 0 bridgehead atoms. The lowest BCUT2D eigenvalue weighted by Gasteiger charge is -2.08. The Hall–Kier alpha value is -3.94. The van der Waals surface area contributed by atoms with E-state index in [0.717, 1.165) is 16.9 Å². The predicted octanol–water partition coefficient (Wildman–Crippen LogP) is 2.93. The Bertz CT molecular complexity index is 1140. The summed E-state index contributed by atoms with van der Waals surface area (Å²) in [7, 11) is 1.62. The number of rotatable bonds is 9. The number of aryl methyl sites for hydroxylation is 1. The summed E-state index contributed by atoms with van der Waals surface area (Å²) in [6.45, 7) is 0.719. The van der Waals surface area contributed by atoms with E-state index in [1.54, 1.807) is 23.8 Å². The molecule has 0 radical (unpaired) electrons. The van der Waals surface area contributed by atoms with Crippen molar-refractivity contribution in [1.29, 1.82) is 0 Å². The largest absolute Gasteiger partial charge is 0.497 e. The first-order valence-electron chi connectivity index (χ1n) is 10.0. The van der Waals surface area contributed by atoms with E-state index in [9.17, 15) is 4.79 Å². The van der Waals surface area contributed by atoms with Crippen LogP contribution in [0.25, 0.3) is 17.0 Å². The molecule has 1 N–H and O–H groups in total. The van der Waals surface area contributed by atoms with Gasteiger partial charge in [0.25, 0.3) is 0 Å². The van der Waals surface area contributed by atoms with E-state index in [1.807, 2.05) is 54.6 Å². The minimum atomic E-state index is -0.00327. The molecule has 0 spiro atoms. The zero-order chi connectivity index (χ0) is 21.5. The zero-order valence-electron chi connectivity index (χ0n) is 17.2. The quantitative estimate of drug-likeness (QED) is 0.421. The summed E-state index contributed by atoms with van der Waals surface area (Å²) < 4.78 is 12.5. The van der Waals surface area contributed by atoms with Crippen LogP contribution < -0.4 is 14.8 Å². The van der Waals surface area contributed by atoms with Gasteiger partial charge in [-0.3, -0.25) is 4.79 Å². The second-order valence-electron chi connectivity index (χ2n) is 6.88. The molecule has 31 heavy (non-hydrogen) atoms. The molecule has 0 saturated carbocycles. The molecule has 0 unspecified atom stereocenters. The van der Waals surface area contributed by atoms with Crippen molar-refractivity contribution in [3.05, 3.63) is 72.3 Å². The third-order valence-electron chi connectivity index (χ3n) is 4.74. The molecule has 158 valence electrons. The van der Waals surface area contributed by atoms with E-state index >= 15 is 0 Å². The van der Waals surface area contributed by atoms with Crippen LogP contribution in [-0.4, -0.2) is 46.0 Å². The summed E-state index contributed by atoms with van der Waals surface area (Å²) in [5.74, 6) is 1.80. The predicted molar refractivity (Wildman–Crippen MR) is 116 cm³/mol. The number of amides is 1. The van der Waals surface area contributed by atoms with Crippen LogP contribution in [0.3, 0.4) is 0 Å². The first-order chi connectivity index (χ1) is 15.2. The highest BCUT2D eigenvalue weighted by Crippen LogP contribution is 2.21. The number of nitrogens with one attached hydrogen (secondary N) is 1. The summed E-state index contributed by atoms with van der Waals surface area (Å²) >= 11 is 0. The highest BCUT2D eigenvalue weighted by molar-refractivity contribution is 5.76. The molecular formula is C23H23N5O3. The average Bonchev–Trinajstić information content (AvgIpc) is 3.24. The minimum Gasteiger partial charge on any atom is -0.497 e. The molecule has 1 amide bonds. The number of methoxy groups -OCH3 is 1. The minimum absolute atomic E-state index is 0.00327. The molecule has 0 aliphatic carbocycles. The number of aromatic nitrogens is 4. The van der Waals surface area contributed by atoms with Crippen molar-refractivity contribution in [2.75, 3.05) is 20.3 Å². The number of hydrogen-bond acceptors (Lipinski definition) is 6. The van der Waals surface area contributed by atoms with Crippen LogP contribution in [0.5, 0.6) is 11.6 Å². The molecule has 2 heterocycles. The van der Waals surface area contributed by atoms with E-state index in [4.69, 9.17) is 9.47 Å². The second-order valence-corrected chi connectivity index (χ2v) is 6.88. The Labute approximate surface area is 179 Å². The summed E-state index contributed by atoms with van der Waals surface area (Å²) in [6, 6.07) is 21.0. The van der Waals surface area contributed by atoms with E-state index in [2.05, 4.69) is 20.6 Å². The van der Waals surface area contributed by atoms with Crippen molar-refractivity contribution in [3.8, 4) is 23.0 Å². The maximum atomic E-state index is 12.0. The number of carbonyl (C=O) groups is 1. The van der Waals surface area contributed by atoms with Crippen LogP contribution in [0, 0.1) is 0 Å². The van der Waals surface area contributed by atoms with Crippen LogP contribution in [0.4, 0.5) is 0 Å². The molecule has 2 aromatic heterocycles. The van der Waals surface area contributed by atoms with Gasteiger partial charge in [-0.1, -0.05) is 30.3 Å². The van der Waals surface area contributed by atoms with Crippen LogP contribution in [0.15, 0.2) is 66.7 Å². The molecule has 0 aliphatic heterocycles. The van der Waals surface area contributed by atoms with Crippen LogP contribution in [-0.2, 0) is 11.2 Å². The van der Waals surface area contributed by atoms with Gasteiger partial charge in [-0.05, 0) is 42.3 Å². The van der Waals surface area contributed by atoms with Crippen molar-refractivity contribution in [2.45, 2.75) is 12.8 Å². The zero-order valence-corrected chi connectivity index (χ0v) is 17.2. The Morgan fingerprint density at radius 2 is 1.81 bits per heavy atom. The van der Waals surface area contributed by atoms with Crippen molar-refractivity contribution in [2.24, 2.45) is 0 Å². The first kappa shape index (κ1) is 20.3. The third kappa shape index (κ3) is 5.16. The van der Waals surface area contributed by atoms with Gasteiger partial charge in [0.05, 0.1) is 13.7 Å². The Balaban J connectivity index is 1.31. The normalized spacial score (nSPS) is 10.7. The van der Waals surface area contributed by atoms with Crippen molar-refractivity contribution in [1.82, 2.24) is 25.1 Å². The fourth-order valence-corrected chi connectivity index (χ4v) is 3.11. The highest BCUT2D eigenvalue weighted by atomic mass is 16.5. The van der Waals surface area contributed by atoms with E-state index in [-0.39, 0.29) is 5.91 Å². The monoisotopic (exact) mass is 417 g/mol. The summed E-state index contributed by atoms with van der Waals surface area (Å²) in [5.41, 5.74) is 2.63. The third-order valence-corrected chi connectivity index (χ3v) is 4.74. The van der Waals surface area contributed by atoms with Gasteiger partial charge in [0.1, 0.15) is 12.4 Å². The lowest BCUT2D eigenvalue weighted by atomic mass is 10.1. The maximum absolute atomic E-state index is 12.0. The lowest BCUT2D eigenvalue weighted by Crippen LogP contribution is -2.28. The topological polar surface area (TPSA) is 90.6 Å². The molecule has 8 nitrogen and oxygen atoms in total. The van der Waals surface area contributed by atoms with Crippen LogP contribution in [0.2, 0.25) is 0 Å². The number of carbonyl (C=O) groups excluding carboxylic acids is 1. The van der Waals surface area contributed by atoms with Gasteiger partial charge < -0.3 is 14.8 Å². The summed E-state index contributed by atoms with van der Waals surface area (Å²) in [5, 5.41) is 15.7. The number of ether oxygens (including phenoxy) is 2. The summed E-state index contributed by atoms with van der Waals surface area (Å²) in [4.78, 5) is 12.0. The van der Waals surface area contributed by atoms with Gasteiger partial charge in [0, 0.05) is 18.1 Å². The molecule has 0 fully saturated rings. The fourth-order valence-electron chi connectivity index (χ4n) is 3.11. The fraction of sp³-hybridized carbons (Fsp3) is 0.217. The smallest absolute Gasteiger partial charge is 0.231 e. The molecule has 0 aliphatic rings. The number of benzene rings is 2. The van der Waals surface area contributed by atoms with Gasteiger partial charge in [-0.2, -0.15) is 4.52 Å². The van der Waals surface area contributed by atoms with Gasteiger partial charge in [0.2, 0.25) is 11.8 Å². The molecule has 4 aromatic rings. The van der Waals surface area contributed by atoms with Gasteiger partial charge in [-0.15, -0.1) is 15.3 Å². The van der Waals surface area contributed by atoms with E-state index in [1.165, 1.54) is 0 Å². The standard InChI is InChI=1S/C23H23N5O3/c1-30-19-10-8-18(9-11-19)23-26-25-20-12-14-22(27-28(20)23)31-16-15-24-21(29)13-7-17-5-3-2-4-6-17/h2-6,8-12,14H,7,13,15-16H2,1H3,(H,24,29). The average molecular weight is 417 g/mol. The SMILES string of the molecule is COc1ccc(-c2nnc3ccc(OCCNC(=O)CCc4ccccc4)nn23)cc1. The van der Waals surface area contributed by atoms with Crippen molar-refractivity contribution in [3.63, 3.8) is 0 Å². The second kappa shape index (κ2) is 9.71. The van der Waals surface area contributed by atoms with Crippen LogP contribution >= 0.6 is 0 Å².